The highest BCUT2D eigenvalue weighted by Gasteiger charge is 2.44. The topological polar surface area (TPSA) is 169 Å². The van der Waals surface area contributed by atoms with Crippen LogP contribution in [0.15, 0.2) is 0 Å². The van der Waals surface area contributed by atoms with Gasteiger partial charge < -0.3 is 45.4 Å². The van der Waals surface area contributed by atoms with Crippen molar-refractivity contribution < 1.29 is 44.9 Å². The van der Waals surface area contributed by atoms with Crippen LogP contribution in [0.3, 0.4) is 0 Å². The van der Waals surface area contributed by atoms with E-state index in [1.807, 2.05) is 0 Å². The van der Waals surface area contributed by atoms with Gasteiger partial charge in [0.2, 0.25) is 5.91 Å². The van der Waals surface area contributed by atoms with Crippen LogP contribution in [0.2, 0.25) is 0 Å². The Hall–Kier alpha value is -0.850. The molecule has 1 aliphatic heterocycles. The smallest absolute Gasteiger partial charge is 0.220 e. The van der Waals surface area contributed by atoms with Crippen molar-refractivity contribution in [1.82, 2.24) is 5.32 Å². The monoisotopic (exact) mass is 676 g/mol. The van der Waals surface area contributed by atoms with Crippen LogP contribution in [0, 0.1) is 0 Å². The van der Waals surface area contributed by atoms with E-state index >= 15 is 0 Å². The molecule has 1 aliphatic rings. The maximum atomic E-state index is 12.8. The van der Waals surface area contributed by atoms with Crippen LogP contribution in [-0.2, 0) is 14.3 Å². The van der Waals surface area contributed by atoms with Crippen LogP contribution in [0.1, 0.15) is 168 Å². The van der Waals surface area contributed by atoms with E-state index in [2.05, 4.69) is 19.2 Å². The molecule has 10 heteroatoms. The Kier molecular flexibility index (Phi) is 27.2. The molecule has 1 fully saturated rings. The van der Waals surface area contributed by atoms with E-state index in [1.165, 1.54) is 96.3 Å². The zero-order valence-electron chi connectivity index (χ0n) is 29.9. The van der Waals surface area contributed by atoms with Crippen molar-refractivity contribution in [3.8, 4) is 0 Å². The molecule has 1 saturated heterocycles. The van der Waals surface area contributed by atoms with Gasteiger partial charge in [0.15, 0.2) is 6.29 Å². The highest BCUT2D eigenvalue weighted by Crippen LogP contribution is 2.23. The third-order valence-corrected chi connectivity index (χ3v) is 9.55. The molecule has 1 amide bonds. The first kappa shape index (κ1) is 44.2. The lowest BCUT2D eigenvalue weighted by atomic mass is 9.98. The van der Waals surface area contributed by atoms with Gasteiger partial charge in [0, 0.05) is 6.42 Å². The lowest BCUT2D eigenvalue weighted by molar-refractivity contribution is -0.303. The number of amides is 1. The molecule has 1 heterocycles. The minimum atomic E-state index is -1.60. The van der Waals surface area contributed by atoms with Crippen LogP contribution < -0.4 is 5.32 Å². The van der Waals surface area contributed by atoms with Crippen LogP contribution >= 0.6 is 0 Å². The van der Waals surface area contributed by atoms with Crippen molar-refractivity contribution in [3.63, 3.8) is 0 Å². The van der Waals surface area contributed by atoms with Crippen molar-refractivity contribution in [3.05, 3.63) is 0 Å². The van der Waals surface area contributed by atoms with E-state index in [4.69, 9.17) is 9.47 Å². The SMILES string of the molecule is CCCCCCCCCCCCCCC[C@@H](O)[C@@H](O)[C@H](CO[C@@H]1O[C@H](CO)[C@H](O)C(O)C1O)NC(=O)CCCCCCCCCCC. The number of hydrogen-bond acceptors (Lipinski definition) is 9. The molecule has 0 aliphatic carbocycles. The van der Waals surface area contributed by atoms with Gasteiger partial charge in [-0.15, -0.1) is 0 Å². The number of rotatable bonds is 31. The molecule has 0 aromatic rings. The van der Waals surface area contributed by atoms with Crippen LogP contribution in [-0.4, -0.2) is 98.7 Å². The first-order valence-corrected chi connectivity index (χ1v) is 19.3. The fourth-order valence-electron chi connectivity index (χ4n) is 6.31. The molecule has 7 N–H and O–H groups in total. The van der Waals surface area contributed by atoms with Crippen molar-refractivity contribution in [2.24, 2.45) is 0 Å². The van der Waals surface area contributed by atoms with Gasteiger partial charge in [0.1, 0.15) is 30.5 Å². The zero-order valence-corrected chi connectivity index (χ0v) is 29.9. The van der Waals surface area contributed by atoms with Crippen LogP contribution in [0.25, 0.3) is 0 Å². The van der Waals surface area contributed by atoms with E-state index in [0.717, 1.165) is 44.9 Å². The second kappa shape index (κ2) is 28.9. The quantitative estimate of drug-likeness (QED) is 0.0475. The van der Waals surface area contributed by atoms with E-state index < -0.39 is 55.6 Å². The van der Waals surface area contributed by atoms with Gasteiger partial charge in [0.05, 0.1) is 25.4 Å². The Morgan fingerprint density at radius 1 is 0.660 bits per heavy atom. The lowest BCUT2D eigenvalue weighted by Crippen LogP contribution is -2.60. The highest BCUT2D eigenvalue weighted by molar-refractivity contribution is 5.76. The molecule has 0 radical (unpaired) electrons. The summed E-state index contributed by atoms with van der Waals surface area (Å²) >= 11 is 0. The fourth-order valence-corrected chi connectivity index (χ4v) is 6.31. The fraction of sp³-hybridized carbons (Fsp3) is 0.973. The first-order valence-electron chi connectivity index (χ1n) is 19.3. The molecule has 0 aromatic heterocycles. The molecule has 0 spiro atoms. The number of aliphatic hydroxyl groups is 6. The van der Waals surface area contributed by atoms with Crippen LogP contribution in [0.4, 0.5) is 0 Å². The number of carbonyl (C=O) groups excluding carboxylic acids is 1. The van der Waals surface area contributed by atoms with E-state index in [9.17, 15) is 35.4 Å². The summed E-state index contributed by atoms with van der Waals surface area (Å²) in [5, 5.41) is 64.7. The molecule has 8 atom stereocenters. The maximum Gasteiger partial charge on any atom is 0.220 e. The summed E-state index contributed by atoms with van der Waals surface area (Å²) in [4.78, 5) is 12.8. The van der Waals surface area contributed by atoms with Crippen LogP contribution in [0.5, 0.6) is 0 Å². The van der Waals surface area contributed by atoms with E-state index in [1.54, 1.807) is 0 Å². The molecule has 10 nitrogen and oxygen atoms in total. The molecule has 47 heavy (non-hydrogen) atoms. The average molecular weight is 676 g/mol. The van der Waals surface area contributed by atoms with Crippen molar-refractivity contribution in [2.45, 2.75) is 217 Å². The summed E-state index contributed by atoms with van der Waals surface area (Å²) in [6.45, 7) is 3.55. The Bertz CT molecular complexity index is 728. The second-order valence-electron chi connectivity index (χ2n) is 13.9. The predicted molar refractivity (Wildman–Crippen MR) is 186 cm³/mol. The number of aliphatic hydroxyl groups excluding tert-OH is 6. The Balaban J connectivity index is 2.49. The highest BCUT2D eigenvalue weighted by atomic mass is 16.7. The average Bonchev–Trinajstić information content (AvgIpc) is 3.07. The van der Waals surface area contributed by atoms with Crippen molar-refractivity contribution in [2.75, 3.05) is 13.2 Å². The van der Waals surface area contributed by atoms with Gasteiger partial charge in [-0.25, -0.2) is 0 Å². The number of nitrogens with one attached hydrogen (secondary N) is 1. The van der Waals surface area contributed by atoms with E-state index in [0.29, 0.717) is 6.42 Å². The molecule has 1 rings (SSSR count). The Morgan fingerprint density at radius 2 is 1.11 bits per heavy atom. The molecular formula is C37H73NO9. The zero-order chi connectivity index (χ0) is 34.7. The maximum absolute atomic E-state index is 12.8. The number of unbranched alkanes of at least 4 members (excludes halogenated alkanes) is 20. The van der Waals surface area contributed by atoms with Gasteiger partial charge in [-0.05, 0) is 12.8 Å². The second-order valence-corrected chi connectivity index (χ2v) is 13.9. The van der Waals surface area contributed by atoms with Gasteiger partial charge in [-0.3, -0.25) is 4.79 Å². The number of ether oxygens (including phenoxy) is 2. The molecule has 0 aromatic carbocycles. The summed E-state index contributed by atoms with van der Waals surface area (Å²) in [6, 6.07) is -0.981. The normalized spacial score (nSPS) is 23.4. The Morgan fingerprint density at radius 3 is 1.57 bits per heavy atom. The minimum absolute atomic E-state index is 0.262. The Labute approximate surface area is 286 Å². The minimum Gasteiger partial charge on any atom is -0.394 e. The predicted octanol–water partition coefficient (Wildman–Crippen LogP) is 5.41. The third-order valence-electron chi connectivity index (χ3n) is 9.55. The van der Waals surface area contributed by atoms with Gasteiger partial charge in [0.25, 0.3) is 0 Å². The molecule has 2 unspecified atom stereocenters. The number of hydrogen-bond donors (Lipinski definition) is 7. The van der Waals surface area contributed by atoms with Gasteiger partial charge in [-0.1, -0.05) is 149 Å². The van der Waals surface area contributed by atoms with Crippen molar-refractivity contribution >= 4 is 5.91 Å². The molecule has 0 bridgehead atoms. The lowest BCUT2D eigenvalue weighted by Gasteiger charge is -2.40. The van der Waals surface area contributed by atoms with E-state index in [-0.39, 0.29) is 18.9 Å². The van der Waals surface area contributed by atoms with Crippen molar-refractivity contribution in [1.29, 1.82) is 0 Å². The summed E-state index contributed by atoms with van der Waals surface area (Å²) in [6.07, 6.45) is 16.9. The summed E-state index contributed by atoms with van der Waals surface area (Å²) in [7, 11) is 0. The number of carbonyl (C=O) groups is 1. The summed E-state index contributed by atoms with van der Waals surface area (Å²) in [5.41, 5.74) is 0. The summed E-state index contributed by atoms with van der Waals surface area (Å²) < 4.78 is 11.1. The molecule has 0 saturated carbocycles. The van der Waals surface area contributed by atoms with Gasteiger partial charge >= 0.3 is 0 Å². The largest absolute Gasteiger partial charge is 0.394 e. The first-order chi connectivity index (χ1) is 22.8. The molecule has 280 valence electrons. The third kappa shape index (κ3) is 20.4. The standard InChI is InChI=1S/C37H73NO9/c1-3-5-7-9-11-13-14-15-16-18-19-21-23-25-30(40)33(42)29(28-46-37-36(45)35(44)34(43)31(27-39)47-37)38-32(41)26-24-22-20-17-12-10-8-6-4-2/h29-31,33-37,39-40,42-45H,3-28H2,1-2H3,(H,38,41)/t29-,30+,31+,33-,34-,35?,36?,37+/m0/s1. The van der Waals surface area contributed by atoms with Gasteiger partial charge in [-0.2, -0.15) is 0 Å². The summed E-state index contributed by atoms with van der Waals surface area (Å²) in [5.74, 6) is -0.262. The molecular weight excluding hydrogens is 602 g/mol.